The van der Waals surface area contributed by atoms with E-state index in [4.69, 9.17) is 14.2 Å². The van der Waals surface area contributed by atoms with E-state index in [9.17, 15) is 14.4 Å². The molecule has 1 saturated heterocycles. The van der Waals surface area contributed by atoms with E-state index < -0.39 is 16.7 Å². The third-order valence-electron chi connectivity index (χ3n) is 4.41. The van der Waals surface area contributed by atoms with Crippen molar-refractivity contribution in [1.82, 2.24) is 9.55 Å². The van der Waals surface area contributed by atoms with E-state index in [-0.39, 0.29) is 18.7 Å². The molecule has 1 fully saturated rings. The third kappa shape index (κ3) is 4.78. The van der Waals surface area contributed by atoms with Crippen LogP contribution in [0.1, 0.15) is 26.2 Å². The fourth-order valence-corrected chi connectivity index (χ4v) is 2.54. The van der Waals surface area contributed by atoms with Crippen LogP contribution in [0.4, 0.5) is 0 Å². The van der Waals surface area contributed by atoms with Crippen LogP contribution >= 0.6 is 0 Å². The van der Waals surface area contributed by atoms with Crippen LogP contribution in [0.25, 0.3) is 0 Å². The van der Waals surface area contributed by atoms with E-state index in [2.05, 4.69) is 4.98 Å². The summed E-state index contributed by atoms with van der Waals surface area (Å²) in [6, 6.07) is 1.29. The van der Waals surface area contributed by atoms with Crippen LogP contribution in [0.15, 0.2) is 21.9 Å². The lowest BCUT2D eigenvalue weighted by Gasteiger charge is -2.31. The molecule has 1 aliphatic rings. The molecule has 0 amide bonds. The van der Waals surface area contributed by atoms with Crippen LogP contribution in [0.5, 0.6) is 0 Å². The Labute approximate surface area is 139 Å². The number of H-pyrrole nitrogens is 1. The first-order valence-electron chi connectivity index (χ1n) is 8.02. The second-order valence-electron chi connectivity index (χ2n) is 6.22. The number of carbonyl (C=O) groups is 1. The van der Waals surface area contributed by atoms with Gasteiger partial charge in [0.15, 0.2) is 0 Å². The predicted molar refractivity (Wildman–Crippen MR) is 85.9 cm³/mol. The van der Waals surface area contributed by atoms with Crippen LogP contribution in [0.2, 0.25) is 0 Å². The van der Waals surface area contributed by atoms with Crippen molar-refractivity contribution in [3.8, 4) is 0 Å². The van der Waals surface area contributed by atoms with E-state index in [0.717, 1.165) is 0 Å². The van der Waals surface area contributed by atoms with Gasteiger partial charge in [-0.05, 0) is 26.2 Å². The fraction of sp³-hybridized carbons (Fsp3) is 0.688. The SMILES string of the molecule is COC(CCn1ccc(=O)[nH]c1=O)COC(=O)C1(C)CCOCC1. The highest BCUT2D eigenvalue weighted by atomic mass is 16.6. The van der Waals surface area contributed by atoms with Crippen LogP contribution in [-0.4, -0.2) is 48.6 Å². The standard InChI is InChI=1S/C16H24N2O6/c1-16(5-9-23-10-6-16)14(20)24-11-12(22-2)3-7-18-8-4-13(19)17-15(18)21/h4,8,12H,3,5-7,9-11H2,1-2H3,(H,17,19,21). The number of aromatic nitrogens is 2. The quantitative estimate of drug-likeness (QED) is 0.717. The van der Waals surface area contributed by atoms with Gasteiger partial charge in [0.05, 0.1) is 11.5 Å². The van der Waals surface area contributed by atoms with E-state index >= 15 is 0 Å². The van der Waals surface area contributed by atoms with Gasteiger partial charge in [-0.1, -0.05) is 0 Å². The lowest BCUT2D eigenvalue weighted by atomic mass is 9.82. The Kier molecular flexibility index (Phi) is 6.33. The van der Waals surface area contributed by atoms with E-state index in [1.807, 2.05) is 6.92 Å². The summed E-state index contributed by atoms with van der Waals surface area (Å²) in [7, 11) is 1.53. The molecule has 0 spiro atoms. The molecule has 1 atom stereocenters. The van der Waals surface area contributed by atoms with E-state index in [1.54, 1.807) is 0 Å². The maximum absolute atomic E-state index is 12.3. The number of rotatable bonds is 7. The summed E-state index contributed by atoms with van der Waals surface area (Å²) in [6.45, 7) is 3.50. The zero-order chi connectivity index (χ0) is 17.6. The number of nitrogens with one attached hydrogen (secondary N) is 1. The highest BCUT2D eigenvalue weighted by Crippen LogP contribution is 2.31. The molecule has 2 rings (SSSR count). The van der Waals surface area contributed by atoms with Crippen LogP contribution in [0.3, 0.4) is 0 Å². The van der Waals surface area contributed by atoms with Gasteiger partial charge in [-0.2, -0.15) is 0 Å². The minimum atomic E-state index is -0.508. The molecule has 8 heteroatoms. The minimum absolute atomic E-state index is 0.129. The average molecular weight is 340 g/mol. The molecule has 1 N–H and O–H groups in total. The van der Waals surface area contributed by atoms with Crippen molar-refractivity contribution in [2.75, 3.05) is 26.9 Å². The van der Waals surface area contributed by atoms with Crippen molar-refractivity contribution in [3.63, 3.8) is 0 Å². The summed E-state index contributed by atoms with van der Waals surface area (Å²) in [5.41, 5.74) is -1.41. The van der Waals surface area contributed by atoms with Crippen molar-refractivity contribution in [2.24, 2.45) is 5.41 Å². The Hall–Kier alpha value is -1.93. The molecule has 8 nitrogen and oxygen atoms in total. The van der Waals surface area contributed by atoms with Crippen LogP contribution in [0, 0.1) is 5.41 Å². The lowest BCUT2D eigenvalue weighted by molar-refractivity contribution is -0.164. The Morgan fingerprint density at radius 2 is 2.12 bits per heavy atom. The van der Waals surface area contributed by atoms with Crippen LogP contribution < -0.4 is 11.2 Å². The number of hydrogen-bond donors (Lipinski definition) is 1. The molecular weight excluding hydrogens is 316 g/mol. The second-order valence-corrected chi connectivity index (χ2v) is 6.22. The van der Waals surface area contributed by atoms with Gasteiger partial charge in [-0.25, -0.2) is 4.79 Å². The molecule has 0 saturated carbocycles. The normalized spacial score (nSPS) is 18.1. The predicted octanol–water partition coefficient (Wildman–Crippen LogP) is 0.302. The maximum Gasteiger partial charge on any atom is 0.328 e. The molecule has 0 radical (unpaired) electrons. The molecule has 134 valence electrons. The molecular formula is C16H24N2O6. The monoisotopic (exact) mass is 340 g/mol. The summed E-state index contributed by atoms with van der Waals surface area (Å²) in [4.78, 5) is 37.1. The molecule has 1 aromatic heterocycles. The van der Waals surface area contributed by atoms with Gasteiger partial charge >= 0.3 is 11.7 Å². The van der Waals surface area contributed by atoms with Gasteiger partial charge in [-0.3, -0.25) is 14.6 Å². The van der Waals surface area contributed by atoms with Crippen molar-refractivity contribution in [1.29, 1.82) is 0 Å². The molecule has 0 aliphatic carbocycles. The van der Waals surface area contributed by atoms with Crippen molar-refractivity contribution in [3.05, 3.63) is 33.1 Å². The molecule has 0 aromatic carbocycles. The zero-order valence-corrected chi connectivity index (χ0v) is 14.1. The highest BCUT2D eigenvalue weighted by molar-refractivity contribution is 5.76. The summed E-state index contributed by atoms with van der Waals surface area (Å²) in [5, 5.41) is 0. The Morgan fingerprint density at radius 1 is 1.42 bits per heavy atom. The molecule has 1 aromatic rings. The average Bonchev–Trinajstić information content (AvgIpc) is 2.57. The zero-order valence-electron chi connectivity index (χ0n) is 14.1. The lowest BCUT2D eigenvalue weighted by Crippen LogP contribution is -2.37. The van der Waals surface area contributed by atoms with Gasteiger partial charge in [-0.15, -0.1) is 0 Å². The number of carbonyl (C=O) groups excluding carboxylic acids is 1. The molecule has 1 aliphatic heterocycles. The highest BCUT2D eigenvalue weighted by Gasteiger charge is 2.37. The summed E-state index contributed by atoms with van der Waals surface area (Å²) < 4.78 is 17.4. The van der Waals surface area contributed by atoms with Gasteiger partial charge in [0.1, 0.15) is 6.61 Å². The number of methoxy groups -OCH3 is 1. The fourth-order valence-electron chi connectivity index (χ4n) is 2.54. The summed E-state index contributed by atoms with van der Waals surface area (Å²) in [6.07, 6.45) is 2.89. The molecule has 24 heavy (non-hydrogen) atoms. The van der Waals surface area contributed by atoms with Crippen LogP contribution in [-0.2, 0) is 25.5 Å². The topological polar surface area (TPSA) is 99.6 Å². The Balaban J connectivity index is 1.84. The number of nitrogens with zero attached hydrogens (tertiary/aromatic N) is 1. The second kappa shape index (κ2) is 8.25. The number of aryl methyl sites for hydroxylation is 1. The number of esters is 1. The number of aromatic amines is 1. The van der Waals surface area contributed by atoms with Gasteiger partial charge < -0.3 is 18.8 Å². The van der Waals surface area contributed by atoms with E-state index in [1.165, 1.54) is 23.9 Å². The number of hydrogen-bond acceptors (Lipinski definition) is 6. The van der Waals surface area contributed by atoms with Gasteiger partial charge in [0, 0.05) is 39.1 Å². The Morgan fingerprint density at radius 3 is 2.75 bits per heavy atom. The third-order valence-corrected chi connectivity index (χ3v) is 4.41. The first-order valence-corrected chi connectivity index (χ1v) is 8.02. The molecule has 2 heterocycles. The molecule has 0 bridgehead atoms. The first-order chi connectivity index (χ1) is 11.4. The van der Waals surface area contributed by atoms with Crippen molar-refractivity contribution >= 4 is 5.97 Å². The minimum Gasteiger partial charge on any atom is -0.463 e. The summed E-state index contributed by atoms with van der Waals surface area (Å²) in [5.74, 6) is -0.242. The van der Waals surface area contributed by atoms with E-state index in [0.29, 0.717) is 39.0 Å². The van der Waals surface area contributed by atoms with Crippen molar-refractivity contribution in [2.45, 2.75) is 38.8 Å². The van der Waals surface area contributed by atoms with Crippen molar-refractivity contribution < 1.29 is 19.0 Å². The summed E-state index contributed by atoms with van der Waals surface area (Å²) >= 11 is 0. The van der Waals surface area contributed by atoms with Gasteiger partial charge in [0.25, 0.3) is 5.56 Å². The molecule has 1 unspecified atom stereocenters. The van der Waals surface area contributed by atoms with Gasteiger partial charge in [0.2, 0.25) is 0 Å². The maximum atomic E-state index is 12.3. The smallest absolute Gasteiger partial charge is 0.328 e. The Bertz CT molecular complexity index is 659. The largest absolute Gasteiger partial charge is 0.463 e. The first kappa shape index (κ1) is 18.4. The number of ether oxygens (including phenoxy) is 3.